The lowest BCUT2D eigenvalue weighted by atomic mass is 9.98. The van der Waals surface area contributed by atoms with E-state index >= 15 is 0 Å². The van der Waals surface area contributed by atoms with Gasteiger partial charge in [-0.1, -0.05) is 19.3 Å². The molecule has 0 atom stereocenters. The van der Waals surface area contributed by atoms with E-state index in [1.807, 2.05) is 0 Å². The molecule has 0 aromatic rings. The van der Waals surface area contributed by atoms with Gasteiger partial charge in [-0.25, -0.2) is 0 Å². The molecule has 0 heterocycles. The maximum atomic E-state index is 11.2. The first-order chi connectivity index (χ1) is 7.83. The lowest BCUT2D eigenvalue weighted by molar-refractivity contribution is -0.121. The normalized spacial score (nSPS) is 17.3. The molecule has 1 saturated carbocycles. The minimum absolute atomic E-state index is 0.00120. The van der Waals surface area contributed by atoms with Gasteiger partial charge in [-0.15, -0.1) is 0 Å². The van der Waals surface area contributed by atoms with Crippen molar-refractivity contribution < 1.29 is 14.6 Å². The number of amides is 1. The number of aliphatic hydroxyl groups is 1. The number of carbonyl (C=O) groups excluding carboxylic acids is 1. The van der Waals surface area contributed by atoms with Gasteiger partial charge in [0.05, 0.1) is 12.7 Å². The lowest BCUT2D eigenvalue weighted by Gasteiger charge is -2.21. The second kappa shape index (κ2) is 8.53. The van der Waals surface area contributed by atoms with Crippen molar-refractivity contribution in [2.24, 2.45) is 0 Å². The van der Waals surface area contributed by atoms with E-state index in [1.165, 1.54) is 32.1 Å². The molecule has 1 rings (SSSR count). The van der Waals surface area contributed by atoms with E-state index in [1.54, 1.807) is 0 Å². The molecule has 94 valence electrons. The van der Waals surface area contributed by atoms with Gasteiger partial charge in [-0.05, 0) is 19.3 Å². The van der Waals surface area contributed by atoms with Gasteiger partial charge >= 0.3 is 0 Å². The van der Waals surface area contributed by atoms with E-state index < -0.39 is 0 Å². The first-order valence-corrected chi connectivity index (χ1v) is 6.32. The summed E-state index contributed by atoms with van der Waals surface area (Å²) in [6.07, 6.45) is 7.55. The summed E-state index contributed by atoms with van der Waals surface area (Å²) in [5, 5.41) is 11.3. The van der Waals surface area contributed by atoms with Gasteiger partial charge in [0.1, 0.15) is 0 Å². The highest BCUT2D eigenvalue weighted by atomic mass is 16.5. The summed E-state index contributed by atoms with van der Waals surface area (Å²) in [5.74, 6) is 0.00120. The second-order valence-electron chi connectivity index (χ2n) is 4.31. The third-order valence-corrected chi connectivity index (χ3v) is 2.89. The summed E-state index contributed by atoms with van der Waals surface area (Å²) in [6, 6.07) is 0. The highest BCUT2D eigenvalue weighted by Crippen LogP contribution is 2.19. The maximum Gasteiger partial charge on any atom is 0.220 e. The smallest absolute Gasteiger partial charge is 0.220 e. The monoisotopic (exact) mass is 229 g/mol. The van der Waals surface area contributed by atoms with Crippen LogP contribution in [0, 0.1) is 0 Å². The van der Waals surface area contributed by atoms with Crippen molar-refractivity contribution >= 4 is 5.91 Å². The molecule has 1 amide bonds. The quantitative estimate of drug-likeness (QED) is 0.645. The average molecular weight is 229 g/mol. The highest BCUT2D eigenvalue weighted by Gasteiger charge is 2.13. The molecule has 4 nitrogen and oxygen atoms in total. The number of nitrogens with one attached hydrogen (secondary N) is 1. The van der Waals surface area contributed by atoms with Crippen molar-refractivity contribution in [1.82, 2.24) is 5.32 Å². The predicted molar refractivity (Wildman–Crippen MR) is 62.2 cm³/mol. The minimum Gasteiger partial charge on any atom is -0.396 e. The number of rotatable bonds is 7. The van der Waals surface area contributed by atoms with E-state index in [4.69, 9.17) is 9.84 Å². The Morgan fingerprint density at radius 3 is 2.75 bits per heavy atom. The van der Waals surface area contributed by atoms with Crippen molar-refractivity contribution in [1.29, 1.82) is 0 Å². The van der Waals surface area contributed by atoms with E-state index in [0.717, 1.165) is 0 Å². The molecule has 2 N–H and O–H groups in total. The van der Waals surface area contributed by atoms with Crippen LogP contribution in [0.5, 0.6) is 0 Å². The maximum absolute atomic E-state index is 11.2. The van der Waals surface area contributed by atoms with Gasteiger partial charge in [0.25, 0.3) is 0 Å². The Bertz CT molecular complexity index is 191. The summed E-state index contributed by atoms with van der Waals surface area (Å²) in [5.41, 5.74) is 0. The fourth-order valence-electron chi connectivity index (χ4n) is 1.98. The Morgan fingerprint density at radius 1 is 1.31 bits per heavy atom. The van der Waals surface area contributed by atoms with Gasteiger partial charge in [0.15, 0.2) is 0 Å². The van der Waals surface area contributed by atoms with Crippen LogP contribution in [-0.2, 0) is 9.53 Å². The standard InChI is InChI=1S/C12H23NO3/c14-9-4-7-12(15)13-8-10-16-11-5-2-1-3-6-11/h11,14H,1-10H2,(H,13,15). The summed E-state index contributed by atoms with van der Waals surface area (Å²) < 4.78 is 5.67. The zero-order valence-electron chi connectivity index (χ0n) is 9.91. The Balaban J connectivity index is 1.92. The van der Waals surface area contributed by atoms with Gasteiger partial charge in [0, 0.05) is 19.6 Å². The molecule has 0 aromatic heterocycles. The lowest BCUT2D eigenvalue weighted by Crippen LogP contribution is -2.29. The fraction of sp³-hybridized carbons (Fsp3) is 0.917. The van der Waals surface area contributed by atoms with Gasteiger partial charge in [0.2, 0.25) is 5.91 Å². The van der Waals surface area contributed by atoms with Crippen molar-refractivity contribution in [3.05, 3.63) is 0 Å². The largest absolute Gasteiger partial charge is 0.396 e. The third-order valence-electron chi connectivity index (χ3n) is 2.89. The van der Waals surface area contributed by atoms with Gasteiger partial charge < -0.3 is 15.2 Å². The first kappa shape index (κ1) is 13.5. The minimum atomic E-state index is 0.00120. The summed E-state index contributed by atoms with van der Waals surface area (Å²) in [6.45, 7) is 1.27. The topological polar surface area (TPSA) is 58.6 Å². The Hall–Kier alpha value is -0.610. The molecule has 1 fully saturated rings. The van der Waals surface area contributed by atoms with Crippen LogP contribution < -0.4 is 5.32 Å². The number of aliphatic hydroxyl groups excluding tert-OH is 1. The van der Waals surface area contributed by atoms with Gasteiger partial charge in [-0.2, -0.15) is 0 Å². The summed E-state index contributed by atoms with van der Waals surface area (Å²) in [7, 11) is 0. The van der Waals surface area contributed by atoms with Gasteiger partial charge in [-0.3, -0.25) is 4.79 Å². The van der Waals surface area contributed by atoms with Crippen LogP contribution in [-0.4, -0.2) is 36.9 Å². The SMILES string of the molecule is O=C(CCCO)NCCOC1CCCCC1. The molecule has 4 heteroatoms. The van der Waals surface area contributed by atoms with Crippen molar-refractivity contribution in [3.63, 3.8) is 0 Å². The van der Waals surface area contributed by atoms with Crippen LogP contribution in [0.25, 0.3) is 0 Å². The van der Waals surface area contributed by atoms with E-state index in [2.05, 4.69) is 5.32 Å². The molecule has 0 radical (unpaired) electrons. The zero-order valence-corrected chi connectivity index (χ0v) is 9.91. The molecule has 0 spiro atoms. The zero-order chi connectivity index (χ0) is 11.6. The molecule has 1 aliphatic carbocycles. The predicted octanol–water partition coefficient (Wildman–Crippen LogP) is 1.22. The number of hydrogen-bond acceptors (Lipinski definition) is 3. The van der Waals surface area contributed by atoms with Crippen molar-refractivity contribution in [3.8, 4) is 0 Å². The molecular formula is C12H23NO3. The van der Waals surface area contributed by atoms with Crippen LogP contribution in [0.4, 0.5) is 0 Å². The molecular weight excluding hydrogens is 206 g/mol. The van der Waals surface area contributed by atoms with Crippen LogP contribution in [0.3, 0.4) is 0 Å². The van der Waals surface area contributed by atoms with Crippen LogP contribution >= 0.6 is 0 Å². The molecule has 0 saturated heterocycles. The van der Waals surface area contributed by atoms with Crippen LogP contribution in [0.1, 0.15) is 44.9 Å². The number of hydrogen-bond donors (Lipinski definition) is 2. The second-order valence-corrected chi connectivity index (χ2v) is 4.31. The molecule has 0 aromatic carbocycles. The fourth-order valence-corrected chi connectivity index (χ4v) is 1.98. The van der Waals surface area contributed by atoms with Crippen molar-refractivity contribution in [2.45, 2.75) is 51.0 Å². The van der Waals surface area contributed by atoms with E-state index in [9.17, 15) is 4.79 Å². The number of carbonyl (C=O) groups is 1. The number of ether oxygens (including phenoxy) is 1. The highest BCUT2D eigenvalue weighted by molar-refractivity contribution is 5.75. The summed E-state index contributed by atoms with van der Waals surface area (Å²) >= 11 is 0. The molecule has 16 heavy (non-hydrogen) atoms. The van der Waals surface area contributed by atoms with E-state index in [0.29, 0.717) is 32.1 Å². The Morgan fingerprint density at radius 2 is 2.06 bits per heavy atom. The van der Waals surface area contributed by atoms with Crippen molar-refractivity contribution in [2.75, 3.05) is 19.8 Å². The van der Waals surface area contributed by atoms with E-state index in [-0.39, 0.29) is 12.5 Å². The molecule has 0 bridgehead atoms. The van der Waals surface area contributed by atoms with Crippen LogP contribution in [0.15, 0.2) is 0 Å². The average Bonchev–Trinajstić information content (AvgIpc) is 2.33. The van der Waals surface area contributed by atoms with Crippen LogP contribution in [0.2, 0.25) is 0 Å². The first-order valence-electron chi connectivity index (χ1n) is 6.32. The summed E-state index contributed by atoms with van der Waals surface area (Å²) in [4.78, 5) is 11.2. The molecule has 0 aliphatic heterocycles. The molecule has 0 unspecified atom stereocenters. The molecule has 1 aliphatic rings. The third kappa shape index (κ3) is 6.08. The Labute approximate surface area is 97.4 Å². The Kier molecular flexibility index (Phi) is 7.17.